The minimum absolute atomic E-state index is 0.175. The molecular formula is C14H27N3O. The lowest BCUT2D eigenvalue weighted by Gasteiger charge is -2.34. The maximum Gasteiger partial charge on any atom is 0.239 e. The minimum atomic E-state index is -0.267. The highest BCUT2D eigenvalue weighted by Gasteiger charge is 2.26. The van der Waals surface area contributed by atoms with E-state index in [-0.39, 0.29) is 11.9 Å². The van der Waals surface area contributed by atoms with Crippen molar-refractivity contribution >= 4 is 5.91 Å². The van der Waals surface area contributed by atoms with Gasteiger partial charge in [-0.15, -0.1) is 0 Å². The lowest BCUT2D eigenvalue weighted by Crippen LogP contribution is -2.52. The number of piperazine rings is 1. The maximum atomic E-state index is 12.3. The molecule has 2 fully saturated rings. The molecular weight excluding hydrogens is 226 g/mol. The summed E-state index contributed by atoms with van der Waals surface area (Å²) in [5, 5.41) is 0. The largest absolute Gasteiger partial charge is 0.339 e. The van der Waals surface area contributed by atoms with Crippen molar-refractivity contribution in [3.8, 4) is 0 Å². The summed E-state index contributed by atoms with van der Waals surface area (Å²) in [4.78, 5) is 16.5. The number of nitrogens with zero attached hydrogens (tertiary/aromatic N) is 2. The Balaban J connectivity index is 1.77. The van der Waals surface area contributed by atoms with Gasteiger partial charge < -0.3 is 15.5 Å². The first kappa shape index (κ1) is 13.8. The summed E-state index contributed by atoms with van der Waals surface area (Å²) in [5.74, 6) is 0.860. The molecule has 2 rings (SSSR count). The molecule has 1 saturated heterocycles. The zero-order valence-electron chi connectivity index (χ0n) is 11.6. The molecule has 1 aliphatic heterocycles. The Kier molecular flexibility index (Phi) is 5.01. The van der Waals surface area contributed by atoms with Crippen molar-refractivity contribution in [2.45, 2.75) is 44.6 Å². The highest BCUT2D eigenvalue weighted by Crippen LogP contribution is 2.27. The molecule has 1 aliphatic carbocycles. The van der Waals surface area contributed by atoms with Gasteiger partial charge in [-0.1, -0.05) is 32.1 Å². The molecule has 0 aromatic carbocycles. The Bertz CT molecular complexity index is 268. The number of carbonyl (C=O) groups excluding carboxylic acids is 1. The molecule has 2 aliphatic rings. The summed E-state index contributed by atoms with van der Waals surface area (Å²) in [5.41, 5.74) is 6.11. The van der Waals surface area contributed by atoms with Gasteiger partial charge in [-0.05, 0) is 19.4 Å². The molecule has 1 unspecified atom stereocenters. The molecule has 1 heterocycles. The van der Waals surface area contributed by atoms with E-state index in [1.54, 1.807) is 0 Å². The first-order valence-electron chi connectivity index (χ1n) is 7.39. The third kappa shape index (κ3) is 3.69. The van der Waals surface area contributed by atoms with Crippen LogP contribution in [0.3, 0.4) is 0 Å². The van der Waals surface area contributed by atoms with Gasteiger partial charge in [0.15, 0.2) is 0 Å². The van der Waals surface area contributed by atoms with Crippen molar-refractivity contribution in [2.75, 3.05) is 33.2 Å². The monoisotopic (exact) mass is 253 g/mol. The fourth-order valence-electron chi connectivity index (χ4n) is 3.14. The van der Waals surface area contributed by atoms with Gasteiger partial charge in [0.05, 0.1) is 6.04 Å². The van der Waals surface area contributed by atoms with Gasteiger partial charge in [0, 0.05) is 26.2 Å². The van der Waals surface area contributed by atoms with Crippen LogP contribution in [0.4, 0.5) is 0 Å². The van der Waals surface area contributed by atoms with Crippen LogP contribution >= 0.6 is 0 Å². The minimum Gasteiger partial charge on any atom is -0.339 e. The third-order valence-corrected chi connectivity index (χ3v) is 4.44. The number of amides is 1. The van der Waals surface area contributed by atoms with E-state index in [1.807, 2.05) is 4.90 Å². The number of hydrogen-bond acceptors (Lipinski definition) is 3. The van der Waals surface area contributed by atoms with E-state index in [4.69, 9.17) is 5.73 Å². The second-order valence-electron chi connectivity index (χ2n) is 5.97. The van der Waals surface area contributed by atoms with Crippen LogP contribution in [-0.2, 0) is 4.79 Å². The Labute approximate surface area is 110 Å². The van der Waals surface area contributed by atoms with Gasteiger partial charge in [0.25, 0.3) is 0 Å². The summed E-state index contributed by atoms with van der Waals surface area (Å²) in [6.07, 6.45) is 7.43. The predicted octanol–water partition coefficient (Wildman–Crippen LogP) is 1.06. The van der Waals surface area contributed by atoms with Crippen LogP contribution in [0.25, 0.3) is 0 Å². The number of nitrogens with two attached hydrogens (primary N) is 1. The van der Waals surface area contributed by atoms with Crippen LogP contribution in [0.5, 0.6) is 0 Å². The van der Waals surface area contributed by atoms with E-state index in [1.165, 1.54) is 32.1 Å². The highest BCUT2D eigenvalue weighted by molar-refractivity contribution is 5.81. The summed E-state index contributed by atoms with van der Waals surface area (Å²) < 4.78 is 0. The van der Waals surface area contributed by atoms with Crippen LogP contribution in [-0.4, -0.2) is 55.0 Å². The average molecular weight is 253 g/mol. The summed E-state index contributed by atoms with van der Waals surface area (Å²) in [6, 6.07) is -0.267. The van der Waals surface area contributed by atoms with Gasteiger partial charge in [-0.2, -0.15) is 0 Å². The lowest BCUT2D eigenvalue weighted by molar-refractivity contribution is -0.134. The van der Waals surface area contributed by atoms with Crippen molar-refractivity contribution in [3.05, 3.63) is 0 Å². The normalized spacial score (nSPS) is 25.1. The first-order chi connectivity index (χ1) is 8.66. The maximum absolute atomic E-state index is 12.3. The summed E-state index contributed by atoms with van der Waals surface area (Å²) in [6.45, 7) is 3.63. The van der Waals surface area contributed by atoms with E-state index in [0.717, 1.165) is 32.6 Å². The smallest absolute Gasteiger partial charge is 0.239 e. The molecule has 1 atom stereocenters. The molecule has 4 nitrogen and oxygen atoms in total. The van der Waals surface area contributed by atoms with Gasteiger partial charge >= 0.3 is 0 Å². The molecule has 0 aromatic rings. The summed E-state index contributed by atoms with van der Waals surface area (Å²) >= 11 is 0. The van der Waals surface area contributed by atoms with Crippen molar-refractivity contribution in [1.29, 1.82) is 0 Å². The fourth-order valence-corrected chi connectivity index (χ4v) is 3.14. The Morgan fingerprint density at radius 2 is 1.78 bits per heavy atom. The standard InChI is InChI=1S/C14H27N3O/c1-16-7-9-17(10-8-16)14(18)13(15)11-12-5-3-2-4-6-12/h12-13H,2-11,15H2,1H3. The second-order valence-corrected chi connectivity index (χ2v) is 5.97. The molecule has 0 bridgehead atoms. The van der Waals surface area contributed by atoms with Crippen LogP contribution in [0, 0.1) is 5.92 Å². The van der Waals surface area contributed by atoms with Gasteiger partial charge in [-0.3, -0.25) is 4.79 Å². The molecule has 1 amide bonds. The SMILES string of the molecule is CN1CCN(C(=O)C(N)CC2CCCCC2)CC1. The van der Waals surface area contributed by atoms with E-state index in [0.29, 0.717) is 5.92 Å². The van der Waals surface area contributed by atoms with Crippen LogP contribution < -0.4 is 5.73 Å². The number of likely N-dealkylation sites (N-methyl/N-ethyl adjacent to an activating group) is 1. The second kappa shape index (κ2) is 6.53. The number of hydrogen-bond donors (Lipinski definition) is 1. The zero-order valence-corrected chi connectivity index (χ0v) is 11.6. The van der Waals surface area contributed by atoms with Crippen LogP contribution in [0.15, 0.2) is 0 Å². The van der Waals surface area contributed by atoms with Crippen LogP contribution in [0.2, 0.25) is 0 Å². The summed E-state index contributed by atoms with van der Waals surface area (Å²) in [7, 11) is 2.10. The first-order valence-corrected chi connectivity index (χ1v) is 7.39. The van der Waals surface area contributed by atoms with Crippen LogP contribution in [0.1, 0.15) is 38.5 Å². The number of carbonyl (C=O) groups is 1. The van der Waals surface area contributed by atoms with Gasteiger partial charge in [0.1, 0.15) is 0 Å². The van der Waals surface area contributed by atoms with E-state index >= 15 is 0 Å². The number of rotatable bonds is 3. The highest BCUT2D eigenvalue weighted by atomic mass is 16.2. The molecule has 4 heteroatoms. The molecule has 0 aromatic heterocycles. The van der Waals surface area contributed by atoms with Crippen molar-refractivity contribution in [3.63, 3.8) is 0 Å². The topological polar surface area (TPSA) is 49.6 Å². The van der Waals surface area contributed by atoms with E-state index in [9.17, 15) is 4.79 Å². The third-order valence-electron chi connectivity index (χ3n) is 4.44. The fraction of sp³-hybridized carbons (Fsp3) is 0.929. The Morgan fingerprint density at radius 3 is 2.39 bits per heavy atom. The Morgan fingerprint density at radius 1 is 1.17 bits per heavy atom. The van der Waals surface area contributed by atoms with Gasteiger partial charge in [0.2, 0.25) is 5.91 Å². The molecule has 1 saturated carbocycles. The molecule has 104 valence electrons. The van der Waals surface area contributed by atoms with Gasteiger partial charge in [-0.25, -0.2) is 0 Å². The molecule has 2 N–H and O–H groups in total. The molecule has 0 radical (unpaired) electrons. The predicted molar refractivity (Wildman–Crippen MR) is 73.2 cm³/mol. The molecule has 0 spiro atoms. The van der Waals surface area contributed by atoms with Crippen molar-refractivity contribution < 1.29 is 4.79 Å². The van der Waals surface area contributed by atoms with Crippen molar-refractivity contribution in [2.24, 2.45) is 11.7 Å². The quantitative estimate of drug-likeness (QED) is 0.818. The van der Waals surface area contributed by atoms with E-state index in [2.05, 4.69) is 11.9 Å². The Hall–Kier alpha value is -0.610. The lowest BCUT2D eigenvalue weighted by atomic mass is 9.84. The van der Waals surface area contributed by atoms with E-state index < -0.39 is 0 Å². The molecule has 18 heavy (non-hydrogen) atoms. The van der Waals surface area contributed by atoms with Crippen molar-refractivity contribution in [1.82, 2.24) is 9.80 Å². The average Bonchev–Trinajstić information content (AvgIpc) is 2.40. The zero-order chi connectivity index (χ0) is 13.0.